The fourth-order valence-corrected chi connectivity index (χ4v) is 3.89. The number of aryl methyl sites for hydroxylation is 1. The molecule has 2 aromatic heterocycles. The Balaban J connectivity index is 1.51. The first-order chi connectivity index (χ1) is 11.7. The number of hydrogen-bond donors (Lipinski definition) is 0. The van der Waals surface area contributed by atoms with E-state index in [1.54, 1.807) is 13.1 Å². The minimum Gasteiger partial charge on any atom is -0.340 e. The van der Waals surface area contributed by atoms with Gasteiger partial charge in [-0.2, -0.15) is 10.1 Å². The molecule has 7 nitrogen and oxygen atoms in total. The molecule has 2 aliphatic rings. The Bertz CT molecular complexity index is 716. The SMILES string of the molecule is Cc1nc([C@H]2CCCN2C(=O)c2cnn(C3CCCCC3)c2)no1. The van der Waals surface area contributed by atoms with E-state index < -0.39 is 0 Å². The van der Waals surface area contributed by atoms with Crippen LogP contribution in [0.15, 0.2) is 16.9 Å². The Morgan fingerprint density at radius 1 is 1.21 bits per heavy atom. The predicted octanol–water partition coefficient (Wildman–Crippen LogP) is 3.06. The van der Waals surface area contributed by atoms with Crippen molar-refractivity contribution in [1.82, 2.24) is 24.8 Å². The average molecular weight is 329 g/mol. The van der Waals surface area contributed by atoms with E-state index in [1.807, 2.05) is 15.8 Å². The second kappa shape index (κ2) is 6.37. The Labute approximate surface area is 141 Å². The molecule has 1 amide bonds. The number of hydrogen-bond acceptors (Lipinski definition) is 5. The Kier molecular flexibility index (Phi) is 4.08. The smallest absolute Gasteiger partial charge is 0.257 e. The summed E-state index contributed by atoms with van der Waals surface area (Å²) in [6.45, 7) is 2.50. The van der Waals surface area contributed by atoms with Crippen LogP contribution in [0.25, 0.3) is 0 Å². The maximum absolute atomic E-state index is 12.9. The Morgan fingerprint density at radius 3 is 2.79 bits per heavy atom. The van der Waals surface area contributed by atoms with Crippen molar-refractivity contribution in [1.29, 1.82) is 0 Å². The van der Waals surface area contributed by atoms with Gasteiger partial charge in [-0.05, 0) is 25.7 Å². The molecule has 1 atom stereocenters. The van der Waals surface area contributed by atoms with Crippen molar-refractivity contribution in [3.8, 4) is 0 Å². The van der Waals surface area contributed by atoms with Crippen LogP contribution in [0.3, 0.4) is 0 Å². The fourth-order valence-electron chi connectivity index (χ4n) is 3.89. The van der Waals surface area contributed by atoms with E-state index in [0.29, 0.717) is 23.3 Å². The first kappa shape index (κ1) is 15.4. The van der Waals surface area contributed by atoms with Crippen LogP contribution < -0.4 is 0 Å². The van der Waals surface area contributed by atoms with E-state index >= 15 is 0 Å². The molecule has 0 spiro atoms. The van der Waals surface area contributed by atoms with Gasteiger partial charge in [-0.1, -0.05) is 24.4 Å². The van der Waals surface area contributed by atoms with Crippen LogP contribution in [0.4, 0.5) is 0 Å². The largest absolute Gasteiger partial charge is 0.340 e. The van der Waals surface area contributed by atoms with E-state index in [0.717, 1.165) is 32.2 Å². The molecule has 4 rings (SSSR count). The summed E-state index contributed by atoms with van der Waals surface area (Å²) >= 11 is 0. The average Bonchev–Trinajstić information content (AvgIpc) is 3.35. The van der Waals surface area contributed by atoms with Crippen LogP contribution in [0, 0.1) is 6.92 Å². The summed E-state index contributed by atoms with van der Waals surface area (Å²) in [6.07, 6.45) is 11.6. The molecule has 0 aromatic carbocycles. The summed E-state index contributed by atoms with van der Waals surface area (Å²) in [5, 5.41) is 8.46. The van der Waals surface area contributed by atoms with E-state index in [4.69, 9.17) is 4.52 Å². The molecule has 7 heteroatoms. The van der Waals surface area contributed by atoms with Crippen molar-refractivity contribution >= 4 is 5.91 Å². The van der Waals surface area contributed by atoms with Crippen LogP contribution in [0.2, 0.25) is 0 Å². The molecule has 1 saturated carbocycles. The topological polar surface area (TPSA) is 77.1 Å². The third-order valence-corrected chi connectivity index (χ3v) is 5.15. The normalized spacial score (nSPS) is 22.2. The molecule has 24 heavy (non-hydrogen) atoms. The zero-order chi connectivity index (χ0) is 16.5. The summed E-state index contributed by atoms with van der Waals surface area (Å²) in [6, 6.07) is 0.350. The van der Waals surface area contributed by atoms with Crippen LogP contribution in [-0.4, -0.2) is 37.3 Å². The summed E-state index contributed by atoms with van der Waals surface area (Å²) in [7, 11) is 0. The van der Waals surface area contributed by atoms with Crippen LogP contribution >= 0.6 is 0 Å². The number of carbonyl (C=O) groups is 1. The van der Waals surface area contributed by atoms with Gasteiger partial charge in [-0.15, -0.1) is 0 Å². The standard InChI is InChI=1S/C17H23N5O2/c1-12-19-16(20-24-12)15-8-5-9-21(15)17(23)13-10-18-22(11-13)14-6-3-2-4-7-14/h10-11,14-15H,2-9H2,1H3/t15-/m1/s1. The first-order valence-electron chi connectivity index (χ1n) is 8.88. The van der Waals surface area contributed by atoms with Gasteiger partial charge in [0.2, 0.25) is 5.89 Å². The summed E-state index contributed by atoms with van der Waals surface area (Å²) < 4.78 is 7.06. The van der Waals surface area contributed by atoms with Crippen molar-refractivity contribution in [2.75, 3.05) is 6.54 Å². The number of likely N-dealkylation sites (tertiary alicyclic amines) is 1. The van der Waals surface area contributed by atoms with Crippen molar-refractivity contribution in [3.05, 3.63) is 29.7 Å². The molecule has 0 bridgehead atoms. The molecule has 3 heterocycles. The molecule has 1 aliphatic carbocycles. The van der Waals surface area contributed by atoms with Crippen molar-refractivity contribution in [2.45, 2.75) is 64.0 Å². The Hall–Kier alpha value is -2.18. The van der Waals surface area contributed by atoms with Crippen LogP contribution in [0.1, 0.15) is 79.1 Å². The lowest BCUT2D eigenvalue weighted by molar-refractivity contribution is 0.0728. The first-order valence-corrected chi connectivity index (χ1v) is 8.88. The van der Waals surface area contributed by atoms with Gasteiger partial charge in [-0.25, -0.2) is 0 Å². The lowest BCUT2D eigenvalue weighted by atomic mass is 9.96. The number of carbonyl (C=O) groups excluding carboxylic acids is 1. The maximum atomic E-state index is 12.9. The van der Waals surface area contributed by atoms with Gasteiger partial charge in [0.25, 0.3) is 5.91 Å². The third kappa shape index (κ3) is 2.83. The highest BCUT2D eigenvalue weighted by Gasteiger charge is 2.34. The predicted molar refractivity (Wildman–Crippen MR) is 86.4 cm³/mol. The highest BCUT2D eigenvalue weighted by Crippen LogP contribution is 2.32. The molecular formula is C17H23N5O2. The van der Waals surface area contributed by atoms with Crippen molar-refractivity contribution < 1.29 is 9.32 Å². The van der Waals surface area contributed by atoms with E-state index in [-0.39, 0.29) is 11.9 Å². The van der Waals surface area contributed by atoms with Gasteiger partial charge in [0.05, 0.1) is 23.8 Å². The van der Waals surface area contributed by atoms with Gasteiger partial charge in [-0.3, -0.25) is 9.48 Å². The second-order valence-electron chi connectivity index (χ2n) is 6.83. The highest BCUT2D eigenvalue weighted by atomic mass is 16.5. The van der Waals surface area contributed by atoms with Gasteiger partial charge in [0.1, 0.15) is 0 Å². The molecule has 2 fully saturated rings. The zero-order valence-corrected chi connectivity index (χ0v) is 14.0. The van der Waals surface area contributed by atoms with E-state index in [2.05, 4.69) is 15.2 Å². The monoisotopic (exact) mass is 329 g/mol. The number of aromatic nitrogens is 4. The molecule has 0 N–H and O–H groups in total. The highest BCUT2D eigenvalue weighted by molar-refractivity contribution is 5.94. The zero-order valence-electron chi connectivity index (χ0n) is 14.0. The molecule has 2 aromatic rings. The van der Waals surface area contributed by atoms with Gasteiger partial charge in [0.15, 0.2) is 5.82 Å². The second-order valence-corrected chi connectivity index (χ2v) is 6.83. The lowest BCUT2D eigenvalue weighted by Crippen LogP contribution is -2.31. The van der Waals surface area contributed by atoms with Gasteiger partial charge in [0, 0.05) is 19.7 Å². The third-order valence-electron chi connectivity index (χ3n) is 5.15. The quantitative estimate of drug-likeness (QED) is 0.865. The summed E-state index contributed by atoms with van der Waals surface area (Å²) in [4.78, 5) is 19.1. The number of amides is 1. The molecular weight excluding hydrogens is 306 g/mol. The summed E-state index contributed by atoms with van der Waals surface area (Å²) in [5.41, 5.74) is 0.660. The molecule has 1 saturated heterocycles. The number of nitrogens with zero attached hydrogens (tertiary/aromatic N) is 5. The fraction of sp³-hybridized carbons (Fsp3) is 0.647. The van der Waals surface area contributed by atoms with Crippen LogP contribution in [0.5, 0.6) is 0 Å². The maximum Gasteiger partial charge on any atom is 0.257 e. The van der Waals surface area contributed by atoms with Gasteiger partial charge >= 0.3 is 0 Å². The molecule has 0 unspecified atom stereocenters. The summed E-state index contributed by atoms with van der Waals surface area (Å²) in [5.74, 6) is 1.16. The van der Waals surface area contributed by atoms with Crippen molar-refractivity contribution in [2.24, 2.45) is 0 Å². The van der Waals surface area contributed by atoms with E-state index in [1.165, 1.54) is 19.3 Å². The van der Waals surface area contributed by atoms with Gasteiger partial charge < -0.3 is 9.42 Å². The number of rotatable bonds is 3. The Morgan fingerprint density at radius 2 is 2.04 bits per heavy atom. The molecule has 0 radical (unpaired) electrons. The van der Waals surface area contributed by atoms with Crippen molar-refractivity contribution in [3.63, 3.8) is 0 Å². The molecule has 128 valence electrons. The van der Waals surface area contributed by atoms with E-state index in [9.17, 15) is 4.79 Å². The minimum atomic E-state index is -0.0898. The molecule has 1 aliphatic heterocycles. The lowest BCUT2D eigenvalue weighted by Gasteiger charge is -2.22. The minimum absolute atomic E-state index is 0.0158. The van der Waals surface area contributed by atoms with Crippen LogP contribution in [-0.2, 0) is 0 Å².